The number of hydrogen-bond donors (Lipinski definition) is 1. The van der Waals surface area contributed by atoms with E-state index in [1.165, 1.54) is 0 Å². The maximum atomic E-state index is 12.0. The van der Waals surface area contributed by atoms with Gasteiger partial charge in [-0.05, 0) is 30.2 Å². The van der Waals surface area contributed by atoms with Crippen molar-refractivity contribution in [3.05, 3.63) is 65.7 Å². The van der Waals surface area contributed by atoms with E-state index in [2.05, 4.69) is 4.72 Å². The van der Waals surface area contributed by atoms with Gasteiger partial charge in [-0.1, -0.05) is 42.5 Å². The molecule has 0 radical (unpaired) electrons. The van der Waals surface area contributed by atoms with Crippen LogP contribution in [-0.4, -0.2) is 8.42 Å². The minimum absolute atomic E-state index is 0.303. The molecule has 0 heterocycles. The van der Waals surface area contributed by atoms with Crippen molar-refractivity contribution < 1.29 is 8.42 Å². The molecule has 3 nitrogen and oxygen atoms in total. The zero-order valence-electron chi connectivity index (χ0n) is 10.1. The van der Waals surface area contributed by atoms with Gasteiger partial charge in [0.05, 0.1) is 4.90 Å². The Hall–Kier alpha value is -1.65. The molecule has 94 valence electrons. The van der Waals surface area contributed by atoms with Crippen LogP contribution in [-0.2, 0) is 16.6 Å². The van der Waals surface area contributed by atoms with Gasteiger partial charge in [0.25, 0.3) is 0 Å². The van der Waals surface area contributed by atoms with Gasteiger partial charge in [0.1, 0.15) is 0 Å². The fourth-order valence-electron chi connectivity index (χ4n) is 1.64. The monoisotopic (exact) mass is 261 g/mol. The fourth-order valence-corrected chi connectivity index (χ4v) is 2.76. The number of benzene rings is 2. The summed E-state index contributed by atoms with van der Waals surface area (Å²) < 4.78 is 26.7. The summed E-state index contributed by atoms with van der Waals surface area (Å²) in [6, 6.07) is 16.3. The highest BCUT2D eigenvalue weighted by molar-refractivity contribution is 7.89. The standard InChI is InChI=1S/C14H15NO2S/c1-12-6-5-9-14(10-12)18(16,17)15-11-13-7-3-2-4-8-13/h2-10,15H,11H2,1H3. The summed E-state index contributed by atoms with van der Waals surface area (Å²) in [6.45, 7) is 2.17. The summed E-state index contributed by atoms with van der Waals surface area (Å²) in [5, 5.41) is 0. The molecular formula is C14H15NO2S. The van der Waals surface area contributed by atoms with Crippen molar-refractivity contribution >= 4 is 10.0 Å². The molecule has 18 heavy (non-hydrogen) atoms. The molecular weight excluding hydrogens is 246 g/mol. The minimum Gasteiger partial charge on any atom is -0.207 e. The normalized spacial score (nSPS) is 11.4. The second-order valence-electron chi connectivity index (χ2n) is 4.13. The Balaban J connectivity index is 2.13. The Kier molecular flexibility index (Phi) is 3.79. The van der Waals surface area contributed by atoms with Crippen LogP contribution in [0.2, 0.25) is 0 Å². The molecule has 2 aromatic rings. The summed E-state index contributed by atoms with van der Waals surface area (Å²) >= 11 is 0. The third-order valence-corrected chi connectivity index (χ3v) is 4.01. The predicted octanol–water partition coefficient (Wildman–Crippen LogP) is 2.47. The summed E-state index contributed by atoms with van der Waals surface area (Å²) in [4.78, 5) is 0.304. The smallest absolute Gasteiger partial charge is 0.207 e. The number of sulfonamides is 1. The molecule has 0 atom stereocenters. The first-order chi connectivity index (χ1) is 8.58. The van der Waals surface area contributed by atoms with E-state index in [0.717, 1.165) is 11.1 Å². The number of aryl methyl sites for hydroxylation is 1. The van der Waals surface area contributed by atoms with Crippen LogP contribution in [0.4, 0.5) is 0 Å². The zero-order chi connectivity index (χ0) is 13.0. The van der Waals surface area contributed by atoms with Gasteiger partial charge in [-0.2, -0.15) is 0 Å². The average molecular weight is 261 g/mol. The molecule has 0 bridgehead atoms. The molecule has 0 aliphatic carbocycles. The largest absolute Gasteiger partial charge is 0.240 e. The van der Waals surface area contributed by atoms with Gasteiger partial charge in [-0.3, -0.25) is 0 Å². The lowest BCUT2D eigenvalue weighted by Gasteiger charge is -2.07. The van der Waals surface area contributed by atoms with E-state index in [0.29, 0.717) is 11.4 Å². The van der Waals surface area contributed by atoms with Gasteiger partial charge in [0.2, 0.25) is 10.0 Å². The highest BCUT2D eigenvalue weighted by Gasteiger charge is 2.13. The Morgan fingerprint density at radius 3 is 2.39 bits per heavy atom. The Morgan fingerprint density at radius 2 is 1.72 bits per heavy atom. The maximum absolute atomic E-state index is 12.0. The molecule has 0 saturated heterocycles. The second-order valence-corrected chi connectivity index (χ2v) is 5.89. The SMILES string of the molecule is Cc1cccc(S(=O)(=O)NCc2ccccc2)c1. The molecule has 0 aromatic heterocycles. The number of hydrogen-bond acceptors (Lipinski definition) is 2. The molecule has 2 rings (SSSR count). The van der Waals surface area contributed by atoms with E-state index >= 15 is 0 Å². The molecule has 0 spiro atoms. The molecule has 1 N–H and O–H groups in total. The molecule has 0 unspecified atom stereocenters. The third kappa shape index (κ3) is 3.18. The van der Waals surface area contributed by atoms with Crippen LogP contribution in [0.25, 0.3) is 0 Å². The topological polar surface area (TPSA) is 46.2 Å². The maximum Gasteiger partial charge on any atom is 0.240 e. The lowest BCUT2D eigenvalue weighted by atomic mass is 10.2. The van der Waals surface area contributed by atoms with Crippen molar-refractivity contribution in [2.45, 2.75) is 18.4 Å². The first-order valence-corrected chi connectivity index (χ1v) is 7.16. The van der Waals surface area contributed by atoms with E-state index in [4.69, 9.17) is 0 Å². The van der Waals surface area contributed by atoms with E-state index in [1.54, 1.807) is 18.2 Å². The number of nitrogens with one attached hydrogen (secondary N) is 1. The fraction of sp³-hybridized carbons (Fsp3) is 0.143. The van der Waals surface area contributed by atoms with E-state index in [9.17, 15) is 8.42 Å². The van der Waals surface area contributed by atoms with E-state index in [1.807, 2.05) is 43.3 Å². The minimum atomic E-state index is -3.43. The van der Waals surface area contributed by atoms with Crippen molar-refractivity contribution in [2.75, 3.05) is 0 Å². The Labute approximate surface area is 108 Å². The summed E-state index contributed by atoms with van der Waals surface area (Å²) in [5.74, 6) is 0. The van der Waals surface area contributed by atoms with Crippen molar-refractivity contribution in [3.63, 3.8) is 0 Å². The van der Waals surface area contributed by atoms with Gasteiger partial charge in [-0.25, -0.2) is 13.1 Å². The summed E-state index contributed by atoms with van der Waals surface area (Å²) in [7, 11) is -3.43. The van der Waals surface area contributed by atoms with E-state index in [-0.39, 0.29) is 0 Å². The van der Waals surface area contributed by atoms with Crippen molar-refractivity contribution in [1.29, 1.82) is 0 Å². The van der Waals surface area contributed by atoms with Crippen molar-refractivity contribution in [2.24, 2.45) is 0 Å². The molecule has 0 aliphatic heterocycles. The third-order valence-electron chi connectivity index (χ3n) is 2.61. The van der Waals surface area contributed by atoms with Crippen LogP contribution in [0, 0.1) is 6.92 Å². The second kappa shape index (κ2) is 5.33. The predicted molar refractivity (Wildman–Crippen MR) is 71.6 cm³/mol. The van der Waals surface area contributed by atoms with Gasteiger partial charge in [-0.15, -0.1) is 0 Å². The van der Waals surface area contributed by atoms with Crippen molar-refractivity contribution in [3.8, 4) is 0 Å². The molecule has 2 aromatic carbocycles. The molecule has 0 saturated carbocycles. The average Bonchev–Trinajstić information content (AvgIpc) is 2.38. The van der Waals surface area contributed by atoms with Crippen LogP contribution >= 0.6 is 0 Å². The summed E-state index contributed by atoms with van der Waals surface area (Å²) in [6.07, 6.45) is 0. The number of rotatable bonds is 4. The molecule has 0 aliphatic rings. The van der Waals surface area contributed by atoms with Crippen molar-refractivity contribution in [1.82, 2.24) is 4.72 Å². The highest BCUT2D eigenvalue weighted by Crippen LogP contribution is 2.11. The highest BCUT2D eigenvalue weighted by atomic mass is 32.2. The molecule has 0 fully saturated rings. The first-order valence-electron chi connectivity index (χ1n) is 5.68. The van der Waals surface area contributed by atoms with Gasteiger partial charge < -0.3 is 0 Å². The van der Waals surface area contributed by atoms with Gasteiger partial charge in [0, 0.05) is 6.54 Å². The quantitative estimate of drug-likeness (QED) is 0.919. The van der Waals surface area contributed by atoms with Crippen LogP contribution in [0.3, 0.4) is 0 Å². The lowest BCUT2D eigenvalue weighted by molar-refractivity contribution is 0.581. The van der Waals surface area contributed by atoms with Gasteiger partial charge in [0.15, 0.2) is 0 Å². The van der Waals surface area contributed by atoms with Crippen LogP contribution in [0.5, 0.6) is 0 Å². The van der Waals surface area contributed by atoms with Crippen LogP contribution in [0.15, 0.2) is 59.5 Å². The zero-order valence-corrected chi connectivity index (χ0v) is 10.9. The van der Waals surface area contributed by atoms with Crippen LogP contribution < -0.4 is 4.72 Å². The summed E-state index contributed by atoms with van der Waals surface area (Å²) in [5.41, 5.74) is 1.87. The molecule has 4 heteroatoms. The van der Waals surface area contributed by atoms with Crippen LogP contribution in [0.1, 0.15) is 11.1 Å². The van der Waals surface area contributed by atoms with Gasteiger partial charge >= 0.3 is 0 Å². The Bertz CT molecular complexity index is 621. The Morgan fingerprint density at radius 1 is 1.00 bits per heavy atom. The molecule has 0 amide bonds. The lowest BCUT2D eigenvalue weighted by Crippen LogP contribution is -2.23. The van der Waals surface area contributed by atoms with E-state index < -0.39 is 10.0 Å². The first kappa shape index (κ1) is 12.8.